The minimum Gasteiger partial charge on any atom is -0.497 e. The van der Waals surface area contributed by atoms with Crippen LogP contribution >= 0.6 is 11.8 Å². The molecule has 2 amide bonds. The standard InChI is InChI=1S/C35H31FN6O4S/c1-45-28-18-14-24(15-19-28)30-20-31(25-12-16-26(36)17-13-25)42(40-30)34(44)23-47-35-39-38-32(41(35)27-8-4-2-5-9-27)21-37-33(43)22-46-29-10-6-3-7-11-29/h2-19,31H,20-23H2,1H3,(H,37,43)/t31-/m1/s1. The minimum absolute atomic E-state index is 0.0132. The van der Waals surface area contributed by atoms with Gasteiger partial charge in [0.25, 0.3) is 11.8 Å². The fourth-order valence-corrected chi connectivity index (χ4v) is 5.90. The van der Waals surface area contributed by atoms with E-state index in [0.717, 1.165) is 22.5 Å². The van der Waals surface area contributed by atoms with E-state index >= 15 is 0 Å². The smallest absolute Gasteiger partial charge is 0.258 e. The van der Waals surface area contributed by atoms with E-state index in [1.165, 1.54) is 28.9 Å². The summed E-state index contributed by atoms with van der Waals surface area (Å²) >= 11 is 1.22. The Bertz CT molecular complexity index is 1850. The Kier molecular flexibility index (Phi) is 9.87. The first-order valence-corrected chi connectivity index (χ1v) is 15.8. The number of amides is 2. The van der Waals surface area contributed by atoms with E-state index in [9.17, 15) is 14.0 Å². The zero-order valence-electron chi connectivity index (χ0n) is 25.5. The zero-order chi connectivity index (χ0) is 32.6. The summed E-state index contributed by atoms with van der Waals surface area (Å²) in [6.45, 7) is -0.0502. The molecule has 1 aliphatic rings. The number of hydrogen-bond acceptors (Lipinski definition) is 8. The summed E-state index contributed by atoms with van der Waals surface area (Å²) < 4.78 is 26.4. The molecule has 47 heavy (non-hydrogen) atoms. The van der Waals surface area contributed by atoms with Crippen molar-refractivity contribution in [3.63, 3.8) is 0 Å². The number of carbonyl (C=O) groups excluding carboxylic acids is 2. The van der Waals surface area contributed by atoms with E-state index in [0.29, 0.717) is 28.9 Å². The molecule has 2 heterocycles. The minimum atomic E-state index is -0.406. The fraction of sp³-hybridized carbons (Fsp3) is 0.171. The summed E-state index contributed by atoms with van der Waals surface area (Å²) in [6, 6.07) is 31.8. The van der Waals surface area contributed by atoms with Crippen LogP contribution in [0, 0.1) is 5.82 Å². The number of ether oxygens (including phenoxy) is 2. The average molecular weight is 651 g/mol. The van der Waals surface area contributed by atoms with Gasteiger partial charge in [0, 0.05) is 12.1 Å². The number of hydrazone groups is 1. The van der Waals surface area contributed by atoms with Crippen molar-refractivity contribution >= 4 is 29.3 Å². The van der Waals surface area contributed by atoms with E-state index in [1.54, 1.807) is 31.4 Å². The average Bonchev–Trinajstić information content (AvgIpc) is 3.75. The lowest BCUT2D eigenvalue weighted by atomic mass is 9.98. The molecule has 0 fully saturated rings. The molecule has 0 saturated heterocycles. The van der Waals surface area contributed by atoms with Crippen molar-refractivity contribution in [2.45, 2.75) is 24.2 Å². The van der Waals surface area contributed by atoms with Crippen LogP contribution < -0.4 is 14.8 Å². The molecule has 238 valence electrons. The first kappa shape index (κ1) is 31.5. The molecule has 1 atom stereocenters. The van der Waals surface area contributed by atoms with Gasteiger partial charge in [0.05, 0.1) is 31.2 Å². The molecule has 1 aliphatic heterocycles. The van der Waals surface area contributed by atoms with Crippen LogP contribution in [0.2, 0.25) is 0 Å². The molecule has 4 aromatic carbocycles. The van der Waals surface area contributed by atoms with Crippen LogP contribution in [0.15, 0.2) is 119 Å². The Morgan fingerprint density at radius 2 is 1.60 bits per heavy atom. The predicted molar refractivity (Wildman–Crippen MR) is 176 cm³/mol. The van der Waals surface area contributed by atoms with E-state index in [4.69, 9.17) is 14.6 Å². The Hall–Kier alpha value is -5.49. The molecule has 5 aromatic rings. The first-order chi connectivity index (χ1) is 23.0. The molecular weight excluding hydrogens is 619 g/mol. The van der Waals surface area contributed by atoms with Gasteiger partial charge in [0.1, 0.15) is 17.3 Å². The van der Waals surface area contributed by atoms with Gasteiger partial charge in [0.15, 0.2) is 17.6 Å². The van der Waals surface area contributed by atoms with E-state index in [-0.39, 0.29) is 36.5 Å². The fourth-order valence-electron chi connectivity index (χ4n) is 5.07. The van der Waals surface area contributed by atoms with Crippen LogP contribution in [0.4, 0.5) is 4.39 Å². The summed E-state index contributed by atoms with van der Waals surface area (Å²) in [7, 11) is 1.60. The second-order valence-electron chi connectivity index (χ2n) is 10.5. The van der Waals surface area contributed by atoms with Gasteiger partial charge in [-0.25, -0.2) is 9.40 Å². The van der Waals surface area contributed by atoms with E-state index in [2.05, 4.69) is 15.5 Å². The van der Waals surface area contributed by atoms with Gasteiger partial charge in [-0.3, -0.25) is 14.2 Å². The number of aromatic nitrogens is 3. The number of nitrogens with zero attached hydrogens (tertiary/aromatic N) is 5. The number of para-hydroxylation sites is 2. The largest absolute Gasteiger partial charge is 0.497 e. The van der Waals surface area contributed by atoms with Crippen LogP contribution in [0.3, 0.4) is 0 Å². The number of rotatable bonds is 12. The van der Waals surface area contributed by atoms with Crippen molar-refractivity contribution < 1.29 is 23.5 Å². The molecule has 0 aliphatic carbocycles. The second kappa shape index (κ2) is 14.7. The number of nitrogens with one attached hydrogen (secondary N) is 1. The highest BCUT2D eigenvalue weighted by molar-refractivity contribution is 7.99. The van der Waals surface area contributed by atoms with Gasteiger partial charge < -0.3 is 14.8 Å². The summed E-state index contributed by atoms with van der Waals surface area (Å²) in [5.74, 6) is 0.902. The van der Waals surface area contributed by atoms with Crippen LogP contribution in [-0.4, -0.2) is 56.8 Å². The Balaban J connectivity index is 1.18. The third-order valence-electron chi connectivity index (χ3n) is 7.44. The normalized spacial score (nSPS) is 14.0. The lowest BCUT2D eigenvalue weighted by Crippen LogP contribution is -2.29. The molecule has 0 spiro atoms. The van der Waals surface area contributed by atoms with Crippen LogP contribution in [0.5, 0.6) is 11.5 Å². The molecule has 1 aromatic heterocycles. The van der Waals surface area contributed by atoms with E-state index in [1.807, 2.05) is 77.4 Å². The summed E-state index contributed by atoms with van der Waals surface area (Å²) in [5, 5.41) is 18.2. The monoisotopic (exact) mass is 650 g/mol. The number of methoxy groups -OCH3 is 1. The van der Waals surface area contributed by atoms with Crippen LogP contribution in [-0.2, 0) is 16.1 Å². The van der Waals surface area contributed by atoms with Gasteiger partial charge >= 0.3 is 0 Å². The highest BCUT2D eigenvalue weighted by Crippen LogP contribution is 2.34. The lowest BCUT2D eigenvalue weighted by molar-refractivity contribution is -0.130. The summed E-state index contributed by atoms with van der Waals surface area (Å²) in [6.07, 6.45) is 0.465. The third kappa shape index (κ3) is 7.67. The van der Waals surface area contributed by atoms with Gasteiger partial charge in [-0.1, -0.05) is 60.3 Å². The Morgan fingerprint density at radius 1 is 0.894 bits per heavy atom. The van der Waals surface area contributed by atoms with Crippen molar-refractivity contribution in [2.24, 2.45) is 5.10 Å². The second-order valence-corrected chi connectivity index (χ2v) is 11.5. The molecule has 0 saturated carbocycles. The van der Waals surface area contributed by atoms with Gasteiger partial charge in [-0.15, -0.1) is 10.2 Å². The van der Waals surface area contributed by atoms with Crippen molar-refractivity contribution in [1.29, 1.82) is 0 Å². The molecule has 0 radical (unpaired) electrons. The highest BCUT2D eigenvalue weighted by atomic mass is 32.2. The lowest BCUT2D eigenvalue weighted by Gasteiger charge is -2.22. The Labute approximate surface area is 275 Å². The quantitative estimate of drug-likeness (QED) is 0.176. The SMILES string of the molecule is COc1ccc(C2=NN(C(=O)CSc3nnc(CNC(=O)COc4ccccc4)n3-c3ccccc3)[C@@H](c3ccc(F)cc3)C2)cc1. The van der Waals surface area contributed by atoms with Crippen LogP contribution in [0.1, 0.15) is 29.4 Å². The number of hydrogen-bond donors (Lipinski definition) is 1. The number of thioether (sulfide) groups is 1. The molecule has 1 N–H and O–H groups in total. The maximum Gasteiger partial charge on any atom is 0.258 e. The molecule has 6 rings (SSSR count). The first-order valence-electron chi connectivity index (χ1n) is 14.8. The van der Waals surface area contributed by atoms with Gasteiger partial charge in [0.2, 0.25) is 0 Å². The van der Waals surface area contributed by atoms with Gasteiger partial charge in [-0.2, -0.15) is 5.10 Å². The van der Waals surface area contributed by atoms with Crippen molar-refractivity contribution in [3.8, 4) is 17.2 Å². The number of halogens is 1. The topological polar surface area (TPSA) is 111 Å². The molecule has 10 nitrogen and oxygen atoms in total. The van der Waals surface area contributed by atoms with Crippen molar-refractivity contribution in [3.05, 3.63) is 132 Å². The summed E-state index contributed by atoms with van der Waals surface area (Å²) in [4.78, 5) is 26.3. The maximum absolute atomic E-state index is 13.8. The molecule has 12 heteroatoms. The predicted octanol–water partition coefficient (Wildman–Crippen LogP) is 5.58. The van der Waals surface area contributed by atoms with Crippen molar-refractivity contribution in [1.82, 2.24) is 25.1 Å². The van der Waals surface area contributed by atoms with Crippen LogP contribution in [0.25, 0.3) is 5.69 Å². The van der Waals surface area contributed by atoms with Gasteiger partial charge in [-0.05, 0) is 71.8 Å². The Morgan fingerprint density at radius 3 is 2.30 bits per heavy atom. The van der Waals surface area contributed by atoms with E-state index < -0.39 is 6.04 Å². The molecular formula is C35H31FN6O4S. The maximum atomic E-state index is 13.8. The number of carbonyl (C=O) groups is 2. The zero-order valence-corrected chi connectivity index (χ0v) is 26.3. The highest BCUT2D eigenvalue weighted by Gasteiger charge is 2.33. The van der Waals surface area contributed by atoms with Crippen molar-refractivity contribution in [2.75, 3.05) is 19.5 Å². The summed E-state index contributed by atoms with van der Waals surface area (Å²) in [5.41, 5.74) is 3.16. The third-order valence-corrected chi connectivity index (χ3v) is 8.35. The molecule has 0 unspecified atom stereocenters. The molecule has 0 bridgehead atoms. The number of benzene rings is 4.